The summed E-state index contributed by atoms with van der Waals surface area (Å²) < 4.78 is 38.4. The number of anilines is 1. The van der Waals surface area contributed by atoms with Gasteiger partial charge in [-0.15, -0.1) is 24.0 Å². The van der Waals surface area contributed by atoms with Gasteiger partial charge in [-0.25, -0.2) is 9.97 Å². The van der Waals surface area contributed by atoms with Crippen LogP contribution in [0.15, 0.2) is 35.6 Å². The van der Waals surface area contributed by atoms with Crippen LogP contribution in [0.1, 0.15) is 17.5 Å². The summed E-state index contributed by atoms with van der Waals surface area (Å²) in [5.41, 5.74) is 0.0903. The van der Waals surface area contributed by atoms with Crippen LogP contribution in [0.4, 0.5) is 19.0 Å². The summed E-state index contributed by atoms with van der Waals surface area (Å²) in [6, 6.07) is 4.53. The molecule has 0 saturated carbocycles. The van der Waals surface area contributed by atoms with Crippen molar-refractivity contribution >= 4 is 59.0 Å². The van der Waals surface area contributed by atoms with Crippen molar-refractivity contribution in [2.45, 2.75) is 25.2 Å². The Kier molecular flexibility index (Phi) is 8.80. The first kappa shape index (κ1) is 24.7. The van der Waals surface area contributed by atoms with E-state index in [9.17, 15) is 13.2 Å². The zero-order valence-corrected chi connectivity index (χ0v) is 19.7. The summed E-state index contributed by atoms with van der Waals surface area (Å²) in [6.45, 7) is 1.68. The Morgan fingerprint density at radius 1 is 1.27 bits per heavy atom. The number of aliphatic imine (C=N–C) groups is 1. The fraction of sp³-hybridized carbons (Fsp3) is 0.389. The third-order valence-corrected chi connectivity index (χ3v) is 4.95. The van der Waals surface area contributed by atoms with Crippen LogP contribution < -0.4 is 15.5 Å². The molecule has 3 rings (SSSR count). The number of hydrogen-bond donors (Lipinski definition) is 2. The summed E-state index contributed by atoms with van der Waals surface area (Å²) in [4.78, 5) is 14.0. The molecule has 6 nitrogen and oxygen atoms in total. The van der Waals surface area contributed by atoms with Crippen molar-refractivity contribution in [3.63, 3.8) is 0 Å². The van der Waals surface area contributed by atoms with Gasteiger partial charge in [-0.2, -0.15) is 13.2 Å². The van der Waals surface area contributed by atoms with Crippen LogP contribution in [0.25, 0.3) is 0 Å². The van der Waals surface area contributed by atoms with Crippen LogP contribution >= 0.6 is 47.2 Å². The highest BCUT2D eigenvalue weighted by atomic mass is 127. The maximum Gasteiger partial charge on any atom is 0.417 e. The fourth-order valence-electron chi connectivity index (χ4n) is 2.97. The van der Waals surface area contributed by atoms with Gasteiger partial charge in [0.05, 0.1) is 10.6 Å². The Morgan fingerprint density at radius 2 is 2.03 bits per heavy atom. The first-order chi connectivity index (χ1) is 13.8. The second-order valence-electron chi connectivity index (χ2n) is 6.52. The molecule has 1 atom stereocenters. The van der Waals surface area contributed by atoms with E-state index in [1.165, 1.54) is 0 Å². The Balaban J connectivity index is 0.00000320. The first-order valence-electron chi connectivity index (χ1n) is 8.81. The highest BCUT2D eigenvalue weighted by Crippen LogP contribution is 2.34. The third kappa shape index (κ3) is 6.48. The molecule has 0 amide bonds. The van der Waals surface area contributed by atoms with Gasteiger partial charge in [-0.05, 0) is 24.1 Å². The van der Waals surface area contributed by atoms with Gasteiger partial charge in [0.15, 0.2) is 5.96 Å². The van der Waals surface area contributed by atoms with Crippen molar-refractivity contribution in [2.75, 3.05) is 25.0 Å². The van der Waals surface area contributed by atoms with Gasteiger partial charge < -0.3 is 15.5 Å². The van der Waals surface area contributed by atoms with Gasteiger partial charge in [-0.1, -0.05) is 29.3 Å². The lowest BCUT2D eigenvalue weighted by molar-refractivity contribution is -0.137. The summed E-state index contributed by atoms with van der Waals surface area (Å²) >= 11 is 11.8. The predicted octanol–water partition coefficient (Wildman–Crippen LogP) is 4.36. The summed E-state index contributed by atoms with van der Waals surface area (Å²) in [7, 11) is 1.66. The number of nitrogens with one attached hydrogen (secondary N) is 2. The van der Waals surface area contributed by atoms with E-state index in [0.717, 1.165) is 24.2 Å². The quantitative estimate of drug-likeness (QED) is 0.246. The minimum absolute atomic E-state index is 0. The molecular formula is C18H20Cl2F3IN6. The monoisotopic (exact) mass is 574 g/mol. The van der Waals surface area contributed by atoms with Crippen LogP contribution in [-0.2, 0) is 12.7 Å². The van der Waals surface area contributed by atoms with Gasteiger partial charge in [0.2, 0.25) is 0 Å². The summed E-state index contributed by atoms with van der Waals surface area (Å²) in [5, 5.41) is 6.91. The zero-order valence-electron chi connectivity index (χ0n) is 15.9. The lowest BCUT2D eigenvalue weighted by Gasteiger charge is -2.21. The number of rotatable bonds is 4. The summed E-state index contributed by atoms with van der Waals surface area (Å²) in [6.07, 6.45) is -1.22. The van der Waals surface area contributed by atoms with E-state index in [4.69, 9.17) is 23.2 Å². The van der Waals surface area contributed by atoms with Gasteiger partial charge in [-0.3, -0.25) is 4.99 Å². The number of nitrogens with zero attached hydrogens (tertiary/aromatic N) is 4. The molecule has 0 aliphatic carbocycles. The van der Waals surface area contributed by atoms with Crippen molar-refractivity contribution < 1.29 is 13.2 Å². The average Bonchev–Trinajstić information content (AvgIpc) is 3.13. The number of guanidine groups is 1. The highest BCUT2D eigenvalue weighted by Gasteiger charge is 2.33. The maximum atomic E-state index is 12.8. The van der Waals surface area contributed by atoms with Crippen molar-refractivity contribution in [1.29, 1.82) is 0 Å². The molecule has 1 unspecified atom stereocenters. The summed E-state index contributed by atoms with van der Waals surface area (Å²) in [5.74, 6) is 0.956. The predicted molar refractivity (Wildman–Crippen MR) is 123 cm³/mol. The van der Waals surface area contributed by atoms with E-state index in [-0.39, 0.29) is 35.0 Å². The SMILES string of the molecule is CN=C(NCc1ccc(Cl)nc1)NC1CCN(c2ncc(C(F)(F)F)cc2Cl)C1.I. The van der Waals surface area contributed by atoms with Crippen molar-refractivity contribution in [3.8, 4) is 0 Å². The van der Waals surface area contributed by atoms with E-state index in [1.54, 1.807) is 19.3 Å². The Hall–Kier alpha value is -1.53. The Bertz CT molecular complexity index is 879. The largest absolute Gasteiger partial charge is 0.417 e. The smallest absolute Gasteiger partial charge is 0.353 e. The number of aromatic nitrogens is 2. The average molecular weight is 575 g/mol. The highest BCUT2D eigenvalue weighted by molar-refractivity contribution is 14.0. The molecule has 2 aromatic heterocycles. The molecular weight excluding hydrogens is 555 g/mol. The second-order valence-corrected chi connectivity index (χ2v) is 7.31. The van der Waals surface area contributed by atoms with Crippen LogP contribution in [-0.4, -0.2) is 42.1 Å². The van der Waals surface area contributed by atoms with Crippen molar-refractivity contribution in [2.24, 2.45) is 4.99 Å². The minimum Gasteiger partial charge on any atom is -0.353 e. The molecule has 30 heavy (non-hydrogen) atoms. The Morgan fingerprint density at radius 3 is 2.63 bits per heavy atom. The minimum atomic E-state index is -4.47. The van der Waals surface area contributed by atoms with E-state index >= 15 is 0 Å². The molecule has 1 aliphatic rings. The lowest BCUT2D eigenvalue weighted by atomic mass is 10.2. The van der Waals surface area contributed by atoms with Crippen molar-refractivity contribution in [1.82, 2.24) is 20.6 Å². The van der Waals surface area contributed by atoms with Crippen LogP contribution in [0.5, 0.6) is 0 Å². The standard InChI is InChI=1S/C18H19Cl2F3N6.HI/c1-24-17(27-8-11-2-3-15(20)25-7-11)28-13-4-5-29(10-13)16-14(19)6-12(9-26-16)18(21,22)23;/h2-3,6-7,9,13H,4-5,8,10H2,1H3,(H2,24,27,28);1H. The van der Waals surface area contributed by atoms with E-state index in [2.05, 4.69) is 25.6 Å². The van der Waals surface area contributed by atoms with Gasteiger partial charge in [0.25, 0.3) is 0 Å². The lowest BCUT2D eigenvalue weighted by Crippen LogP contribution is -2.44. The number of alkyl halides is 3. The molecule has 12 heteroatoms. The molecule has 0 aromatic carbocycles. The topological polar surface area (TPSA) is 65.4 Å². The van der Waals surface area contributed by atoms with Crippen LogP contribution in [0.3, 0.4) is 0 Å². The molecule has 1 aliphatic heterocycles. The van der Waals surface area contributed by atoms with Crippen LogP contribution in [0, 0.1) is 0 Å². The normalized spacial score (nSPS) is 16.9. The van der Waals surface area contributed by atoms with Gasteiger partial charge >= 0.3 is 6.18 Å². The molecule has 164 valence electrons. The van der Waals surface area contributed by atoms with Crippen LogP contribution in [0.2, 0.25) is 10.2 Å². The maximum absolute atomic E-state index is 12.8. The van der Waals surface area contributed by atoms with E-state index < -0.39 is 11.7 Å². The van der Waals surface area contributed by atoms with Crippen molar-refractivity contribution in [3.05, 3.63) is 51.9 Å². The number of pyridine rings is 2. The molecule has 1 saturated heterocycles. The second kappa shape index (κ2) is 10.7. The Labute approximate surface area is 199 Å². The number of halogens is 6. The molecule has 2 aromatic rings. The fourth-order valence-corrected chi connectivity index (χ4v) is 3.37. The molecule has 3 heterocycles. The molecule has 0 radical (unpaired) electrons. The third-order valence-electron chi connectivity index (χ3n) is 4.45. The molecule has 2 N–H and O–H groups in total. The van der Waals surface area contributed by atoms with E-state index in [1.807, 2.05) is 11.0 Å². The number of hydrogen-bond acceptors (Lipinski definition) is 4. The van der Waals surface area contributed by atoms with E-state index in [0.29, 0.717) is 36.6 Å². The molecule has 0 bridgehead atoms. The first-order valence-corrected chi connectivity index (χ1v) is 9.57. The van der Waals surface area contributed by atoms with Gasteiger partial charge in [0, 0.05) is 45.1 Å². The molecule has 1 fully saturated rings. The zero-order chi connectivity index (χ0) is 21.0. The molecule has 0 spiro atoms. The van der Waals surface area contributed by atoms with Gasteiger partial charge in [0.1, 0.15) is 11.0 Å².